The van der Waals surface area contributed by atoms with E-state index < -0.39 is 17.5 Å². The standard InChI is InChI=1S/C8H13O4/c1-5-6(9)12-8(2,3)7(10)11-4/h5H,1-4H3. The van der Waals surface area contributed by atoms with Crippen molar-refractivity contribution >= 4 is 11.9 Å². The van der Waals surface area contributed by atoms with Gasteiger partial charge in [-0.2, -0.15) is 0 Å². The number of carbonyl (C=O) groups excluding carboxylic acids is 2. The van der Waals surface area contributed by atoms with Crippen molar-refractivity contribution in [1.29, 1.82) is 0 Å². The molecule has 4 heteroatoms. The predicted octanol–water partition coefficient (Wildman–Crippen LogP) is 0.705. The molecule has 69 valence electrons. The number of rotatable bonds is 3. The monoisotopic (exact) mass is 173 g/mol. The second kappa shape index (κ2) is 4.09. The molecule has 0 spiro atoms. The topological polar surface area (TPSA) is 52.6 Å². The van der Waals surface area contributed by atoms with E-state index in [0.717, 1.165) is 0 Å². The maximum atomic E-state index is 11.0. The maximum absolute atomic E-state index is 11.0. The maximum Gasteiger partial charge on any atom is 0.349 e. The highest BCUT2D eigenvalue weighted by molar-refractivity contribution is 5.85. The van der Waals surface area contributed by atoms with Crippen LogP contribution in [0.4, 0.5) is 0 Å². The molecule has 0 aliphatic carbocycles. The van der Waals surface area contributed by atoms with Crippen LogP contribution in [-0.4, -0.2) is 24.6 Å². The zero-order chi connectivity index (χ0) is 9.78. The molecule has 0 amide bonds. The summed E-state index contributed by atoms with van der Waals surface area (Å²) in [6.45, 7) is 4.48. The minimum Gasteiger partial charge on any atom is -0.466 e. The van der Waals surface area contributed by atoms with E-state index in [0.29, 0.717) is 0 Å². The Bertz CT molecular complexity index is 183. The van der Waals surface area contributed by atoms with Gasteiger partial charge >= 0.3 is 11.9 Å². The Morgan fingerprint density at radius 1 is 1.33 bits per heavy atom. The van der Waals surface area contributed by atoms with Gasteiger partial charge in [0.15, 0.2) is 0 Å². The van der Waals surface area contributed by atoms with Crippen LogP contribution in [0.5, 0.6) is 0 Å². The molecule has 0 fully saturated rings. The van der Waals surface area contributed by atoms with E-state index in [4.69, 9.17) is 4.74 Å². The lowest BCUT2D eigenvalue weighted by Gasteiger charge is -2.21. The van der Waals surface area contributed by atoms with Crippen LogP contribution >= 0.6 is 0 Å². The summed E-state index contributed by atoms with van der Waals surface area (Å²) in [6.07, 6.45) is 1.24. The molecule has 0 unspecified atom stereocenters. The van der Waals surface area contributed by atoms with Crippen molar-refractivity contribution in [2.45, 2.75) is 26.4 Å². The van der Waals surface area contributed by atoms with Gasteiger partial charge in [0.1, 0.15) is 0 Å². The van der Waals surface area contributed by atoms with Crippen LogP contribution in [0.15, 0.2) is 0 Å². The third kappa shape index (κ3) is 2.90. The summed E-state index contributed by atoms with van der Waals surface area (Å²) in [5, 5.41) is 0. The zero-order valence-corrected chi connectivity index (χ0v) is 7.71. The Hall–Kier alpha value is -1.06. The Kier molecular flexibility index (Phi) is 3.73. The molecular weight excluding hydrogens is 160 g/mol. The molecule has 0 aliphatic heterocycles. The van der Waals surface area contributed by atoms with Gasteiger partial charge in [-0.05, 0) is 13.8 Å². The highest BCUT2D eigenvalue weighted by atomic mass is 16.6. The largest absolute Gasteiger partial charge is 0.466 e. The lowest BCUT2D eigenvalue weighted by molar-refractivity contribution is -0.174. The highest BCUT2D eigenvalue weighted by Gasteiger charge is 2.32. The van der Waals surface area contributed by atoms with Crippen LogP contribution in [-0.2, 0) is 19.1 Å². The van der Waals surface area contributed by atoms with Crippen molar-refractivity contribution in [3.63, 3.8) is 0 Å². The van der Waals surface area contributed by atoms with E-state index in [2.05, 4.69) is 4.74 Å². The number of carbonyl (C=O) groups is 2. The van der Waals surface area contributed by atoms with Crippen LogP contribution < -0.4 is 0 Å². The van der Waals surface area contributed by atoms with Crippen molar-refractivity contribution in [2.24, 2.45) is 0 Å². The number of methoxy groups -OCH3 is 1. The third-order valence-electron chi connectivity index (χ3n) is 1.27. The molecule has 0 aromatic carbocycles. The Labute approximate surface area is 71.8 Å². The van der Waals surface area contributed by atoms with Gasteiger partial charge in [0.2, 0.25) is 5.60 Å². The predicted molar refractivity (Wildman–Crippen MR) is 42.2 cm³/mol. The molecule has 0 heterocycles. The fourth-order valence-electron chi connectivity index (χ4n) is 0.598. The fourth-order valence-corrected chi connectivity index (χ4v) is 0.598. The first-order valence-corrected chi connectivity index (χ1v) is 3.54. The third-order valence-corrected chi connectivity index (χ3v) is 1.27. The van der Waals surface area contributed by atoms with Gasteiger partial charge in [-0.25, -0.2) is 4.79 Å². The molecule has 4 nitrogen and oxygen atoms in total. The SMILES string of the molecule is C[CH]C(=O)OC(C)(C)C(=O)OC. The molecule has 0 saturated heterocycles. The quantitative estimate of drug-likeness (QED) is 0.589. The van der Waals surface area contributed by atoms with Gasteiger partial charge in [0.05, 0.1) is 13.5 Å². The molecule has 0 aromatic rings. The van der Waals surface area contributed by atoms with Crippen molar-refractivity contribution in [3.8, 4) is 0 Å². The van der Waals surface area contributed by atoms with Crippen LogP contribution in [0.1, 0.15) is 20.8 Å². The summed E-state index contributed by atoms with van der Waals surface area (Å²) in [7, 11) is 1.24. The van der Waals surface area contributed by atoms with Gasteiger partial charge in [0, 0.05) is 0 Å². The minimum absolute atomic E-state index is 0.537. The average Bonchev–Trinajstić information content (AvgIpc) is 2.02. The molecule has 0 aromatic heterocycles. The molecule has 0 saturated carbocycles. The van der Waals surface area contributed by atoms with E-state index in [1.807, 2.05) is 0 Å². The summed E-state index contributed by atoms with van der Waals surface area (Å²) in [5.41, 5.74) is -1.21. The molecule has 12 heavy (non-hydrogen) atoms. The molecule has 0 bridgehead atoms. The lowest BCUT2D eigenvalue weighted by Crippen LogP contribution is -2.38. The molecular formula is C8H13O4. The van der Waals surface area contributed by atoms with Crippen molar-refractivity contribution in [1.82, 2.24) is 0 Å². The first-order chi connectivity index (χ1) is 5.44. The zero-order valence-electron chi connectivity index (χ0n) is 7.71. The molecule has 1 radical (unpaired) electrons. The van der Waals surface area contributed by atoms with Crippen LogP contribution in [0.2, 0.25) is 0 Å². The van der Waals surface area contributed by atoms with E-state index in [1.165, 1.54) is 34.3 Å². The van der Waals surface area contributed by atoms with E-state index in [9.17, 15) is 9.59 Å². The Morgan fingerprint density at radius 3 is 2.17 bits per heavy atom. The summed E-state index contributed by atoms with van der Waals surface area (Å²) in [6, 6.07) is 0. The van der Waals surface area contributed by atoms with Gasteiger partial charge in [-0.15, -0.1) is 0 Å². The molecule has 0 atom stereocenters. The van der Waals surface area contributed by atoms with Crippen molar-refractivity contribution in [2.75, 3.05) is 7.11 Å². The van der Waals surface area contributed by atoms with E-state index in [1.54, 1.807) is 0 Å². The number of ether oxygens (including phenoxy) is 2. The van der Waals surface area contributed by atoms with E-state index in [-0.39, 0.29) is 0 Å². The normalized spacial score (nSPS) is 10.7. The number of esters is 2. The average molecular weight is 173 g/mol. The first kappa shape index (κ1) is 10.9. The minimum atomic E-state index is -1.21. The van der Waals surface area contributed by atoms with Crippen LogP contribution in [0, 0.1) is 6.42 Å². The van der Waals surface area contributed by atoms with Crippen molar-refractivity contribution in [3.05, 3.63) is 6.42 Å². The molecule has 0 rings (SSSR count). The highest BCUT2D eigenvalue weighted by Crippen LogP contribution is 2.11. The second-order valence-corrected chi connectivity index (χ2v) is 2.71. The van der Waals surface area contributed by atoms with Crippen molar-refractivity contribution < 1.29 is 19.1 Å². The molecule has 0 aliphatic rings. The lowest BCUT2D eigenvalue weighted by atomic mass is 10.1. The van der Waals surface area contributed by atoms with Gasteiger partial charge < -0.3 is 9.47 Å². The number of hydrogen-bond donors (Lipinski definition) is 0. The van der Waals surface area contributed by atoms with Gasteiger partial charge in [0.25, 0.3) is 0 Å². The summed E-state index contributed by atoms with van der Waals surface area (Å²) in [5.74, 6) is -1.11. The number of hydrogen-bond acceptors (Lipinski definition) is 4. The summed E-state index contributed by atoms with van der Waals surface area (Å²) in [4.78, 5) is 21.7. The fraction of sp³-hybridized carbons (Fsp3) is 0.625. The van der Waals surface area contributed by atoms with Gasteiger partial charge in [-0.3, -0.25) is 4.79 Å². The van der Waals surface area contributed by atoms with E-state index >= 15 is 0 Å². The van der Waals surface area contributed by atoms with Gasteiger partial charge in [-0.1, -0.05) is 6.92 Å². The smallest absolute Gasteiger partial charge is 0.349 e. The van der Waals surface area contributed by atoms with Crippen LogP contribution in [0.3, 0.4) is 0 Å². The second-order valence-electron chi connectivity index (χ2n) is 2.71. The summed E-state index contributed by atoms with van der Waals surface area (Å²) < 4.78 is 9.20. The summed E-state index contributed by atoms with van der Waals surface area (Å²) >= 11 is 0. The first-order valence-electron chi connectivity index (χ1n) is 3.54. The van der Waals surface area contributed by atoms with Crippen LogP contribution in [0.25, 0.3) is 0 Å². The molecule has 0 N–H and O–H groups in total. The Balaban J connectivity index is 4.21. The Morgan fingerprint density at radius 2 is 1.83 bits per heavy atom.